The zero-order valence-electron chi connectivity index (χ0n) is 24.6. The van der Waals surface area contributed by atoms with Crippen molar-refractivity contribution in [1.29, 1.82) is 0 Å². The van der Waals surface area contributed by atoms with Crippen LogP contribution < -0.4 is 5.56 Å². The molecule has 2 aliphatic rings. The average Bonchev–Trinajstić information content (AvgIpc) is 3.45. The van der Waals surface area contributed by atoms with E-state index in [0.717, 1.165) is 37.7 Å². The van der Waals surface area contributed by atoms with Gasteiger partial charge >= 0.3 is 0 Å². The first-order valence-corrected chi connectivity index (χ1v) is 18.4. The summed E-state index contributed by atoms with van der Waals surface area (Å²) >= 11 is 12.3. The topological polar surface area (TPSA) is 151 Å². The third-order valence-electron chi connectivity index (χ3n) is 8.80. The molecule has 2 fully saturated rings. The molecule has 0 atom stereocenters. The van der Waals surface area contributed by atoms with Gasteiger partial charge < -0.3 is 4.98 Å². The fourth-order valence-corrected chi connectivity index (χ4v) is 9.46. The number of aromatic amines is 1. The first kappa shape index (κ1) is 32.1. The van der Waals surface area contributed by atoms with Crippen LogP contribution in [0.15, 0.2) is 57.1 Å². The van der Waals surface area contributed by atoms with Crippen LogP contribution in [0, 0.1) is 0 Å². The second-order valence-corrected chi connectivity index (χ2v) is 16.3. The Morgan fingerprint density at radius 1 is 0.933 bits per heavy atom. The molecule has 45 heavy (non-hydrogen) atoms. The van der Waals surface area contributed by atoms with Crippen LogP contribution in [0.25, 0.3) is 11.2 Å². The summed E-state index contributed by atoms with van der Waals surface area (Å²) in [6.45, 7) is 0.643. The summed E-state index contributed by atoms with van der Waals surface area (Å²) in [5.41, 5.74) is 0.706. The number of benzene rings is 2. The van der Waals surface area contributed by atoms with Gasteiger partial charge in [0.15, 0.2) is 11.2 Å². The monoisotopic (exact) mass is 693 g/mol. The van der Waals surface area contributed by atoms with E-state index in [1.165, 1.54) is 37.6 Å². The van der Waals surface area contributed by atoms with Gasteiger partial charge in [-0.15, -0.1) is 5.10 Å². The molecule has 2 aromatic heterocycles. The van der Waals surface area contributed by atoms with Crippen molar-refractivity contribution in [3.05, 3.63) is 74.3 Å². The maximum Gasteiger partial charge on any atom is 0.281 e. The lowest BCUT2D eigenvalue weighted by Crippen LogP contribution is -2.39. The third-order valence-corrected chi connectivity index (χ3v) is 13.2. The molecule has 0 spiro atoms. The molecule has 12 nitrogen and oxygen atoms in total. The maximum absolute atomic E-state index is 13.5. The number of nitrogens with one attached hydrogen (secondary N) is 1. The van der Waals surface area contributed by atoms with E-state index in [0.29, 0.717) is 34.4 Å². The standard InChI is InChI=1S/C29H33Cl2N7O5S2/c1-36(22-5-3-2-4-6-22)44(40,41)23-9-11-24(12-10-23)45(42,43)37-15-13-19(14-16-37)27-32-28-26(29(39)33-27)34-35-38(28)18-20-7-8-21(30)17-25(20)31/h7-12,17,19,22H,2-6,13-16,18H2,1H3,(H,32,33,39). The van der Waals surface area contributed by atoms with E-state index >= 15 is 0 Å². The Kier molecular flexibility index (Phi) is 9.07. The Labute approximate surface area is 271 Å². The van der Waals surface area contributed by atoms with Gasteiger partial charge in [0.05, 0.1) is 16.3 Å². The summed E-state index contributed by atoms with van der Waals surface area (Å²) in [5, 5.41) is 9.04. The highest BCUT2D eigenvalue weighted by Crippen LogP contribution is 2.31. The number of hydrogen-bond acceptors (Lipinski definition) is 8. The molecule has 1 N–H and O–H groups in total. The number of nitrogens with zero attached hydrogens (tertiary/aromatic N) is 6. The number of fused-ring (bicyclic) bond motifs is 1. The summed E-state index contributed by atoms with van der Waals surface area (Å²) in [5.74, 6) is 0.241. The lowest BCUT2D eigenvalue weighted by Gasteiger charge is -2.31. The van der Waals surface area contributed by atoms with Crippen LogP contribution in [-0.2, 0) is 26.6 Å². The van der Waals surface area contributed by atoms with Crippen molar-refractivity contribution in [3.63, 3.8) is 0 Å². The van der Waals surface area contributed by atoms with Gasteiger partial charge in [-0.2, -0.15) is 8.61 Å². The SMILES string of the molecule is CN(C1CCCCC1)S(=O)(=O)c1ccc(S(=O)(=O)N2CCC(c3nc4c(nnn4Cc4ccc(Cl)cc4Cl)c(=O)[nH]3)CC2)cc1. The molecule has 3 heterocycles. The largest absolute Gasteiger partial charge is 0.308 e. The summed E-state index contributed by atoms with van der Waals surface area (Å²) < 4.78 is 57.7. The van der Waals surface area contributed by atoms with E-state index in [9.17, 15) is 21.6 Å². The van der Waals surface area contributed by atoms with Gasteiger partial charge in [-0.1, -0.05) is 53.7 Å². The molecule has 4 aromatic rings. The number of aromatic nitrogens is 5. The van der Waals surface area contributed by atoms with Crippen molar-refractivity contribution in [2.45, 2.75) is 73.2 Å². The Bertz CT molecular complexity index is 1990. The fourth-order valence-electron chi connectivity index (χ4n) is 6.10. The van der Waals surface area contributed by atoms with Crippen LogP contribution in [0.4, 0.5) is 0 Å². The van der Waals surface area contributed by atoms with Crippen LogP contribution in [-0.4, -0.2) is 76.6 Å². The lowest BCUT2D eigenvalue weighted by molar-refractivity contribution is 0.286. The summed E-state index contributed by atoms with van der Waals surface area (Å²) in [6, 6.07) is 10.5. The van der Waals surface area contributed by atoms with Gasteiger partial charge in [0, 0.05) is 42.1 Å². The summed E-state index contributed by atoms with van der Waals surface area (Å²) in [4.78, 5) is 20.4. The van der Waals surface area contributed by atoms with Gasteiger partial charge in [-0.05, 0) is 67.6 Å². The maximum atomic E-state index is 13.5. The van der Waals surface area contributed by atoms with Gasteiger partial charge in [-0.25, -0.2) is 26.5 Å². The molecule has 0 radical (unpaired) electrons. The predicted molar refractivity (Wildman–Crippen MR) is 171 cm³/mol. The lowest BCUT2D eigenvalue weighted by atomic mass is 9.96. The number of H-pyrrole nitrogens is 1. The van der Waals surface area contributed by atoms with E-state index < -0.39 is 25.6 Å². The molecule has 0 amide bonds. The normalized spacial score (nSPS) is 17.8. The average molecular weight is 695 g/mol. The van der Waals surface area contributed by atoms with Crippen LogP contribution in [0.5, 0.6) is 0 Å². The second-order valence-electron chi connectivity index (χ2n) is 11.6. The quantitative estimate of drug-likeness (QED) is 0.285. The van der Waals surface area contributed by atoms with Crippen molar-refractivity contribution < 1.29 is 16.8 Å². The third kappa shape index (κ3) is 6.41. The molecule has 1 saturated carbocycles. The number of halogens is 2. The van der Waals surface area contributed by atoms with E-state index in [4.69, 9.17) is 23.2 Å². The van der Waals surface area contributed by atoms with E-state index in [1.807, 2.05) is 0 Å². The highest BCUT2D eigenvalue weighted by Gasteiger charge is 2.33. The highest BCUT2D eigenvalue weighted by molar-refractivity contribution is 7.89. The van der Waals surface area contributed by atoms with E-state index in [1.54, 1.807) is 25.2 Å². The molecule has 6 rings (SSSR count). The molecule has 0 bridgehead atoms. The molecule has 1 saturated heterocycles. The predicted octanol–water partition coefficient (Wildman–Crippen LogP) is 4.39. The Morgan fingerprint density at radius 2 is 1.60 bits per heavy atom. The van der Waals surface area contributed by atoms with Crippen LogP contribution >= 0.6 is 23.2 Å². The minimum Gasteiger partial charge on any atom is -0.308 e. The van der Waals surface area contributed by atoms with Crippen molar-refractivity contribution >= 4 is 54.4 Å². The van der Waals surface area contributed by atoms with E-state index in [-0.39, 0.29) is 46.9 Å². The van der Waals surface area contributed by atoms with Gasteiger partial charge in [0.25, 0.3) is 5.56 Å². The zero-order chi connectivity index (χ0) is 31.9. The van der Waals surface area contributed by atoms with Crippen molar-refractivity contribution in [2.75, 3.05) is 20.1 Å². The minimum atomic E-state index is -3.87. The molecule has 240 valence electrons. The van der Waals surface area contributed by atoms with E-state index in [2.05, 4.69) is 20.3 Å². The van der Waals surface area contributed by atoms with Crippen LogP contribution in [0.3, 0.4) is 0 Å². The van der Waals surface area contributed by atoms with Gasteiger partial charge in [0.1, 0.15) is 5.82 Å². The molecule has 1 aliphatic heterocycles. The zero-order valence-corrected chi connectivity index (χ0v) is 27.7. The van der Waals surface area contributed by atoms with Crippen molar-refractivity contribution in [3.8, 4) is 0 Å². The van der Waals surface area contributed by atoms with Gasteiger partial charge in [0.2, 0.25) is 20.0 Å². The first-order chi connectivity index (χ1) is 21.4. The molecular weight excluding hydrogens is 661 g/mol. The van der Waals surface area contributed by atoms with Crippen LogP contribution in [0.2, 0.25) is 10.0 Å². The highest BCUT2D eigenvalue weighted by atomic mass is 35.5. The van der Waals surface area contributed by atoms with Crippen molar-refractivity contribution in [1.82, 2.24) is 33.6 Å². The molecule has 16 heteroatoms. The molecule has 2 aromatic carbocycles. The Morgan fingerprint density at radius 3 is 2.27 bits per heavy atom. The van der Waals surface area contributed by atoms with Crippen molar-refractivity contribution in [2.24, 2.45) is 0 Å². The molecule has 1 aliphatic carbocycles. The van der Waals surface area contributed by atoms with Gasteiger partial charge in [-0.3, -0.25) is 4.79 Å². The Balaban J connectivity index is 1.15. The summed E-state index contributed by atoms with van der Waals surface area (Å²) in [6.07, 6.45) is 5.62. The molecule has 0 unspecified atom stereocenters. The Hall–Kier alpha value is -2.88. The first-order valence-electron chi connectivity index (χ1n) is 14.8. The number of piperidine rings is 1. The fraction of sp³-hybridized carbons (Fsp3) is 0.448. The molecular formula is C29H33Cl2N7O5S2. The number of hydrogen-bond donors (Lipinski definition) is 1. The smallest absolute Gasteiger partial charge is 0.281 e. The minimum absolute atomic E-state index is 0.0315. The second kappa shape index (κ2) is 12.7. The van der Waals surface area contributed by atoms with Crippen LogP contribution in [0.1, 0.15) is 62.3 Å². The number of rotatable bonds is 8. The summed E-state index contributed by atoms with van der Waals surface area (Å²) in [7, 11) is -6.01. The number of sulfonamides is 2.